The molecule has 0 aromatic heterocycles. The topological polar surface area (TPSA) is 37.0 Å². The summed E-state index contributed by atoms with van der Waals surface area (Å²) in [4.78, 5) is 10.2. The summed E-state index contributed by atoms with van der Waals surface area (Å²) in [5.74, 6) is 0. The lowest BCUT2D eigenvalue weighted by atomic mass is 10.3. The van der Waals surface area contributed by atoms with Gasteiger partial charge in [0.2, 0.25) is 0 Å². The van der Waals surface area contributed by atoms with Gasteiger partial charge in [0.1, 0.15) is 0 Å². The van der Waals surface area contributed by atoms with Gasteiger partial charge >= 0.3 is 0 Å². The Morgan fingerprint density at radius 3 is 1.89 bits per heavy atom. The first-order valence-corrected chi connectivity index (χ1v) is 7.63. The Morgan fingerprint density at radius 2 is 1.26 bits per heavy atom. The largest absolute Gasteiger partial charge is 0.303 e. The zero-order chi connectivity index (χ0) is 13.1. The fourth-order valence-electron chi connectivity index (χ4n) is 3.12. The molecule has 0 radical (unpaired) electrons. The zero-order valence-corrected chi connectivity index (χ0v) is 12.1. The molecule has 3 rings (SSSR count). The van der Waals surface area contributed by atoms with Gasteiger partial charge in [-0.3, -0.25) is 19.6 Å². The minimum Gasteiger partial charge on any atom is -0.303 e. The van der Waals surface area contributed by atoms with Crippen LogP contribution in [0.1, 0.15) is 6.92 Å². The van der Waals surface area contributed by atoms with Crippen molar-refractivity contribution >= 4 is 0 Å². The minimum atomic E-state index is 0.538. The van der Waals surface area contributed by atoms with Crippen LogP contribution in [0.3, 0.4) is 0 Å². The van der Waals surface area contributed by atoms with E-state index in [2.05, 4.69) is 37.2 Å². The quantitative estimate of drug-likeness (QED) is 0.565. The predicted octanol–water partition coefficient (Wildman–Crippen LogP) is -1.37. The fraction of sp³-hybridized carbons (Fsp3) is 1.00. The lowest BCUT2D eigenvalue weighted by molar-refractivity contribution is 0.180. The van der Waals surface area contributed by atoms with Crippen LogP contribution in [0.25, 0.3) is 0 Å². The van der Waals surface area contributed by atoms with E-state index in [4.69, 9.17) is 0 Å². The van der Waals surface area contributed by atoms with E-state index >= 15 is 0 Å². The first-order valence-electron chi connectivity index (χ1n) is 7.63. The van der Waals surface area contributed by atoms with E-state index in [-0.39, 0.29) is 0 Å². The van der Waals surface area contributed by atoms with Crippen molar-refractivity contribution in [3.05, 3.63) is 0 Å². The summed E-state index contributed by atoms with van der Waals surface area (Å²) in [5, 5.41) is 7.18. The van der Waals surface area contributed by atoms with E-state index in [1.54, 1.807) is 0 Å². The SMILES string of the molecule is C[C@H]1CNCN2CCN(CCN3CCN(CN1)C3)C2. The van der Waals surface area contributed by atoms with Crippen molar-refractivity contribution in [1.29, 1.82) is 0 Å². The van der Waals surface area contributed by atoms with Gasteiger partial charge in [-0.1, -0.05) is 0 Å². The maximum atomic E-state index is 3.62. The third-order valence-corrected chi connectivity index (χ3v) is 4.45. The average molecular weight is 268 g/mol. The Labute approximate surface area is 116 Å². The van der Waals surface area contributed by atoms with Gasteiger partial charge in [-0.25, -0.2) is 0 Å². The molecule has 6 heteroatoms. The molecule has 0 saturated carbocycles. The van der Waals surface area contributed by atoms with Crippen molar-refractivity contribution in [1.82, 2.24) is 30.2 Å². The molecule has 0 amide bonds. The van der Waals surface area contributed by atoms with Gasteiger partial charge in [-0.05, 0) is 6.92 Å². The number of nitrogens with one attached hydrogen (secondary N) is 2. The van der Waals surface area contributed by atoms with E-state index in [0.29, 0.717) is 6.04 Å². The number of hydrogen-bond acceptors (Lipinski definition) is 6. The molecule has 4 bridgehead atoms. The van der Waals surface area contributed by atoms with E-state index in [1.807, 2.05) is 0 Å². The number of hydrogen-bond donors (Lipinski definition) is 2. The van der Waals surface area contributed by atoms with E-state index in [0.717, 1.165) is 33.2 Å². The first-order chi connectivity index (χ1) is 9.29. The normalized spacial score (nSPS) is 45.0. The second-order valence-electron chi connectivity index (χ2n) is 6.18. The lowest BCUT2D eigenvalue weighted by Gasteiger charge is -2.25. The fourth-order valence-corrected chi connectivity index (χ4v) is 3.12. The van der Waals surface area contributed by atoms with E-state index in [9.17, 15) is 0 Å². The Balaban J connectivity index is 1.55. The van der Waals surface area contributed by atoms with Gasteiger partial charge in [0.05, 0.1) is 13.3 Å². The van der Waals surface area contributed by atoms with Crippen LogP contribution in [0.15, 0.2) is 0 Å². The standard InChI is InChI=1S/C13H28N6/c1-13-8-14-9-18-6-4-16(11-18)2-3-17-5-7-19(12-17)10-15-13/h13-15H,2-12H2,1H3/t13-/m0/s1. The van der Waals surface area contributed by atoms with Gasteiger partial charge in [-0.15, -0.1) is 0 Å². The molecule has 3 fully saturated rings. The molecule has 3 aliphatic rings. The zero-order valence-electron chi connectivity index (χ0n) is 12.1. The van der Waals surface area contributed by atoms with Crippen molar-refractivity contribution in [3.63, 3.8) is 0 Å². The highest BCUT2D eigenvalue weighted by atomic mass is 15.4. The molecule has 3 heterocycles. The highest BCUT2D eigenvalue weighted by Crippen LogP contribution is 2.07. The van der Waals surface area contributed by atoms with Crippen molar-refractivity contribution in [2.45, 2.75) is 13.0 Å². The highest BCUT2D eigenvalue weighted by Gasteiger charge is 2.23. The Morgan fingerprint density at radius 1 is 0.737 bits per heavy atom. The van der Waals surface area contributed by atoms with Crippen LogP contribution in [-0.4, -0.2) is 98.1 Å². The van der Waals surface area contributed by atoms with Crippen molar-refractivity contribution in [3.8, 4) is 0 Å². The predicted molar refractivity (Wildman–Crippen MR) is 76.6 cm³/mol. The number of fused-ring (bicyclic) bond motifs is 4. The molecule has 6 nitrogen and oxygen atoms in total. The summed E-state index contributed by atoms with van der Waals surface area (Å²) in [6.07, 6.45) is 0. The van der Waals surface area contributed by atoms with Crippen molar-refractivity contribution in [2.75, 3.05) is 72.5 Å². The Kier molecular flexibility index (Phi) is 4.68. The Hall–Kier alpha value is -0.240. The molecule has 5 atom stereocenters. The second-order valence-corrected chi connectivity index (χ2v) is 6.18. The molecule has 0 spiro atoms. The Bertz CT molecular complexity index is 286. The molecule has 4 unspecified atom stereocenters. The van der Waals surface area contributed by atoms with Gasteiger partial charge in [0.25, 0.3) is 0 Å². The highest BCUT2D eigenvalue weighted by molar-refractivity contribution is 4.77. The van der Waals surface area contributed by atoms with Crippen LogP contribution in [0.4, 0.5) is 0 Å². The summed E-state index contributed by atoms with van der Waals surface area (Å²) in [7, 11) is 0. The lowest BCUT2D eigenvalue weighted by Crippen LogP contribution is -2.45. The monoisotopic (exact) mass is 268 g/mol. The van der Waals surface area contributed by atoms with Crippen LogP contribution < -0.4 is 10.6 Å². The van der Waals surface area contributed by atoms with Crippen molar-refractivity contribution < 1.29 is 0 Å². The number of nitrogens with zero attached hydrogens (tertiary/aromatic N) is 4. The van der Waals surface area contributed by atoms with Crippen molar-refractivity contribution in [2.24, 2.45) is 0 Å². The van der Waals surface area contributed by atoms with Crippen LogP contribution in [-0.2, 0) is 0 Å². The van der Waals surface area contributed by atoms with Crippen LogP contribution in [0.5, 0.6) is 0 Å². The molecule has 0 aliphatic carbocycles. The van der Waals surface area contributed by atoms with Gasteiger partial charge in [-0.2, -0.15) is 0 Å². The first kappa shape index (κ1) is 13.7. The molecular formula is C13H28N6. The van der Waals surface area contributed by atoms with Gasteiger partial charge < -0.3 is 10.6 Å². The molecule has 0 aromatic rings. The summed E-state index contributed by atoms with van der Waals surface area (Å²) in [6, 6.07) is 0.538. The second kappa shape index (κ2) is 6.47. The summed E-state index contributed by atoms with van der Waals surface area (Å²) in [5.41, 5.74) is 0. The molecular weight excluding hydrogens is 240 g/mol. The van der Waals surface area contributed by atoms with Crippen LogP contribution in [0.2, 0.25) is 0 Å². The van der Waals surface area contributed by atoms with Gasteiger partial charge in [0.15, 0.2) is 0 Å². The van der Waals surface area contributed by atoms with Gasteiger partial charge in [0, 0.05) is 65.2 Å². The minimum absolute atomic E-state index is 0.538. The van der Waals surface area contributed by atoms with E-state index in [1.165, 1.54) is 39.3 Å². The molecule has 3 saturated heterocycles. The number of rotatable bonds is 0. The third-order valence-electron chi connectivity index (χ3n) is 4.45. The molecule has 110 valence electrons. The van der Waals surface area contributed by atoms with Crippen LogP contribution in [0, 0.1) is 0 Å². The molecule has 2 N–H and O–H groups in total. The summed E-state index contributed by atoms with van der Waals surface area (Å²) >= 11 is 0. The maximum Gasteiger partial charge on any atom is 0.0519 e. The third kappa shape index (κ3) is 3.87. The molecule has 3 aliphatic heterocycles. The summed E-state index contributed by atoms with van der Waals surface area (Å²) in [6.45, 7) is 14.9. The smallest absolute Gasteiger partial charge is 0.0519 e. The summed E-state index contributed by atoms with van der Waals surface area (Å²) < 4.78 is 0. The average Bonchev–Trinajstić information content (AvgIpc) is 3.02. The van der Waals surface area contributed by atoms with Crippen LogP contribution >= 0.6 is 0 Å². The molecule has 0 aromatic carbocycles. The maximum absolute atomic E-state index is 3.62. The van der Waals surface area contributed by atoms with E-state index < -0.39 is 0 Å². The molecule has 19 heavy (non-hydrogen) atoms.